The molecule has 9 nitrogen and oxygen atoms in total. The van der Waals surface area contributed by atoms with E-state index in [-0.39, 0.29) is 11.9 Å². The zero-order valence-electron chi connectivity index (χ0n) is 18.4. The second-order valence-electron chi connectivity index (χ2n) is 8.71. The van der Waals surface area contributed by atoms with Gasteiger partial charge in [0.15, 0.2) is 5.82 Å². The number of aromatic nitrogens is 6. The van der Waals surface area contributed by atoms with Crippen molar-refractivity contribution in [2.24, 2.45) is 0 Å². The smallest absolute Gasteiger partial charge is 0.256 e. The highest BCUT2D eigenvalue weighted by molar-refractivity contribution is 6.04. The van der Waals surface area contributed by atoms with Gasteiger partial charge in [0.2, 0.25) is 0 Å². The van der Waals surface area contributed by atoms with Crippen LogP contribution in [0.2, 0.25) is 0 Å². The van der Waals surface area contributed by atoms with Crippen molar-refractivity contribution in [2.75, 3.05) is 5.32 Å². The summed E-state index contributed by atoms with van der Waals surface area (Å²) in [6.45, 7) is 4.61. The minimum absolute atomic E-state index is 0.196. The van der Waals surface area contributed by atoms with E-state index in [2.05, 4.69) is 39.3 Å². The van der Waals surface area contributed by atoms with E-state index in [1.807, 2.05) is 39.7 Å². The lowest BCUT2D eigenvalue weighted by atomic mass is 10.1. The zero-order chi connectivity index (χ0) is 22.5. The minimum Gasteiger partial charge on any atom is -0.485 e. The van der Waals surface area contributed by atoms with Gasteiger partial charge in [-0.15, -0.1) is 10.2 Å². The normalized spacial score (nSPS) is 14.5. The van der Waals surface area contributed by atoms with Crippen LogP contribution in [0.3, 0.4) is 0 Å². The van der Waals surface area contributed by atoms with E-state index in [0.717, 1.165) is 22.8 Å². The van der Waals surface area contributed by atoms with E-state index in [9.17, 15) is 4.79 Å². The lowest BCUT2D eigenvalue weighted by Crippen LogP contribution is -2.17. The maximum atomic E-state index is 13.1. The van der Waals surface area contributed by atoms with Crippen molar-refractivity contribution in [1.29, 1.82) is 0 Å². The molecule has 0 bridgehead atoms. The van der Waals surface area contributed by atoms with E-state index < -0.39 is 0 Å². The highest BCUT2D eigenvalue weighted by Gasteiger charge is 2.32. The molecular weight excluding hydrogens is 418 g/mol. The Morgan fingerprint density at radius 2 is 2.06 bits per heavy atom. The molecule has 2 aliphatic rings. The van der Waals surface area contributed by atoms with Crippen LogP contribution in [0, 0.1) is 0 Å². The standard InChI is InChI=1S/C24H23N7O2/c1-14(2)30-13-26-29-23(30)17-4-3-5-21(27-17)28-24(32)16-8-9-20-18(10-16)31-12-25-22(15-6-7-15)19(31)11-33-20/h3-5,8-10,12-15H,6-7,11H2,1-2H3,(H,27,28,32). The number of hydrogen-bond acceptors (Lipinski definition) is 6. The van der Waals surface area contributed by atoms with Gasteiger partial charge in [0, 0.05) is 17.5 Å². The Balaban J connectivity index is 1.27. The molecule has 6 rings (SSSR count). The van der Waals surface area contributed by atoms with Crippen LogP contribution in [0.25, 0.3) is 17.2 Å². The van der Waals surface area contributed by atoms with E-state index >= 15 is 0 Å². The molecule has 0 unspecified atom stereocenters. The maximum Gasteiger partial charge on any atom is 0.256 e. The first-order valence-electron chi connectivity index (χ1n) is 11.1. The summed E-state index contributed by atoms with van der Waals surface area (Å²) in [5.74, 6) is 2.14. The number of fused-ring (bicyclic) bond motifs is 3. The molecular formula is C24H23N7O2. The lowest BCUT2D eigenvalue weighted by molar-refractivity contribution is 0.102. The van der Waals surface area contributed by atoms with Gasteiger partial charge in [0.05, 0.1) is 23.4 Å². The van der Waals surface area contributed by atoms with Gasteiger partial charge in [0.25, 0.3) is 5.91 Å². The number of amides is 1. The van der Waals surface area contributed by atoms with E-state index in [1.54, 1.807) is 18.5 Å². The van der Waals surface area contributed by atoms with E-state index in [0.29, 0.717) is 35.4 Å². The number of hydrogen-bond donors (Lipinski definition) is 1. The fourth-order valence-electron chi connectivity index (χ4n) is 4.17. The number of benzene rings is 1. The monoisotopic (exact) mass is 441 g/mol. The van der Waals surface area contributed by atoms with Gasteiger partial charge < -0.3 is 14.6 Å². The molecule has 0 spiro atoms. The fourth-order valence-corrected chi connectivity index (χ4v) is 4.17. The van der Waals surface area contributed by atoms with E-state index in [4.69, 9.17) is 4.74 Å². The van der Waals surface area contributed by atoms with Gasteiger partial charge in [-0.25, -0.2) is 9.97 Å². The van der Waals surface area contributed by atoms with Gasteiger partial charge in [0.1, 0.15) is 30.2 Å². The second-order valence-corrected chi connectivity index (χ2v) is 8.71. The second kappa shape index (κ2) is 7.54. The Kier molecular flexibility index (Phi) is 4.49. The number of ether oxygens (including phenoxy) is 1. The fraction of sp³-hybridized carbons (Fsp3) is 0.292. The third kappa shape index (κ3) is 3.45. The Morgan fingerprint density at radius 3 is 2.88 bits per heavy atom. The summed E-state index contributed by atoms with van der Waals surface area (Å²) >= 11 is 0. The van der Waals surface area contributed by atoms with Crippen LogP contribution in [0.5, 0.6) is 5.75 Å². The van der Waals surface area contributed by atoms with Crippen molar-refractivity contribution in [3.05, 3.63) is 66.0 Å². The van der Waals surface area contributed by atoms with Gasteiger partial charge in [-0.05, 0) is 57.0 Å². The van der Waals surface area contributed by atoms with Crippen molar-refractivity contribution in [1.82, 2.24) is 29.3 Å². The number of carbonyl (C=O) groups is 1. The van der Waals surface area contributed by atoms with Crippen molar-refractivity contribution < 1.29 is 9.53 Å². The number of carbonyl (C=O) groups excluding carboxylic acids is 1. The van der Waals surface area contributed by atoms with Crippen molar-refractivity contribution in [3.63, 3.8) is 0 Å². The molecule has 33 heavy (non-hydrogen) atoms. The quantitative estimate of drug-likeness (QED) is 0.500. The number of anilines is 1. The first-order chi connectivity index (χ1) is 16.1. The Morgan fingerprint density at radius 1 is 1.18 bits per heavy atom. The Hall–Kier alpha value is -4.01. The topological polar surface area (TPSA) is 99.8 Å². The molecule has 3 aromatic heterocycles. The summed E-state index contributed by atoms with van der Waals surface area (Å²) in [6, 6.07) is 11.1. The van der Waals surface area contributed by atoms with Crippen LogP contribution in [-0.4, -0.2) is 35.2 Å². The predicted octanol–water partition coefficient (Wildman–Crippen LogP) is 4.13. The van der Waals surface area contributed by atoms with Crippen molar-refractivity contribution in [3.8, 4) is 23.0 Å². The molecule has 1 N–H and O–H groups in total. The average molecular weight is 441 g/mol. The molecule has 4 heterocycles. The molecule has 166 valence electrons. The third-order valence-electron chi connectivity index (χ3n) is 6.06. The molecule has 1 aliphatic carbocycles. The molecule has 1 fully saturated rings. The first-order valence-corrected chi connectivity index (χ1v) is 11.1. The predicted molar refractivity (Wildman–Crippen MR) is 121 cm³/mol. The first kappa shape index (κ1) is 19.7. The minimum atomic E-state index is -0.248. The molecule has 1 saturated carbocycles. The summed E-state index contributed by atoms with van der Waals surface area (Å²) in [5, 5.41) is 11.1. The largest absolute Gasteiger partial charge is 0.485 e. The van der Waals surface area contributed by atoms with Gasteiger partial charge in [-0.3, -0.25) is 9.36 Å². The molecule has 9 heteroatoms. The summed E-state index contributed by atoms with van der Waals surface area (Å²) < 4.78 is 9.93. The number of rotatable bonds is 5. The van der Waals surface area contributed by atoms with Crippen LogP contribution >= 0.6 is 0 Å². The Labute approximate surface area is 190 Å². The third-order valence-corrected chi connectivity index (χ3v) is 6.06. The molecule has 1 amide bonds. The van der Waals surface area contributed by atoms with Crippen LogP contribution in [0.1, 0.15) is 60.4 Å². The Bertz CT molecular complexity index is 1370. The van der Waals surface area contributed by atoms with Crippen LogP contribution in [0.4, 0.5) is 5.82 Å². The number of nitrogens with zero attached hydrogens (tertiary/aromatic N) is 6. The van der Waals surface area contributed by atoms with Crippen LogP contribution in [-0.2, 0) is 6.61 Å². The van der Waals surface area contributed by atoms with Crippen LogP contribution in [0.15, 0.2) is 49.1 Å². The molecule has 0 radical (unpaired) electrons. The van der Waals surface area contributed by atoms with Gasteiger partial charge in [-0.1, -0.05) is 6.07 Å². The number of nitrogens with one attached hydrogen (secondary N) is 1. The molecule has 0 saturated heterocycles. The molecule has 1 aliphatic heterocycles. The van der Waals surface area contributed by atoms with E-state index in [1.165, 1.54) is 12.8 Å². The summed E-state index contributed by atoms with van der Waals surface area (Å²) in [5.41, 5.74) is 4.19. The number of pyridine rings is 1. The van der Waals surface area contributed by atoms with Gasteiger partial charge >= 0.3 is 0 Å². The summed E-state index contributed by atoms with van der Waals surface area (Å²) in [4.78, 5) is 22.3. The molecule has 1 aromatic carbocycles. The SMILES string of the molecule is CC(C)n1cnnc1-c1cccc(NC(=O)c2ccc3c(c2)-n2cnc(C4CC4)c2CO3)n1. The molecule has 4 aromatic rings. The average Bonchev–Trinajstić information content (AvgIpc) is 3.37. The molecule has 0 atom stereocenters. The lowest BCUT2D eigenvalue weighted by Gasteiger charge is -2.21. The van der Waals surface area contributed by atoms with Gasteiger partial charge in [-0.2, -0.15) is 0 Å². The van der Waals surface area contributed by atoms with Crippen molar-refractivity contribution >= 4 is 11.7 Å². The summed E-state index contributed by atoms with van der Waals surface area (Å²) in [6.07, 6.45) is 5.88. The number of imidazole rings is 1. The van der Waals surface area contributed by atoms with Crippen LogP contribution < -0.4 is 10.1 Å². The highest BCUT2D eigenvalue weighted by Crippen LogP contribution is 2.43. The highest BCUT2D eigenvalue weighted by atomic mass is 16.5. The van der Waals surface area contributed by atoms with Crippen molar-refractivity contribution in [2.45, 2.75) is 45.3 Å². The zero-order valence-corrected chi connectivity index (χ0v) is 18.4. The summed E-state index contributed by atoms with van der Waals surface area (Å²) in [7, 11) is 0. The maximum absolute atomic E-state index is 13.1.